The highest BCUT2D eigenvalue weighted by Crippen LogP contribution is 2.17. The minimum Gasteiger partial charge on any atom is -0.392 e. The number of aliphatic hydroxyl groups is 1. The molecule has 0 radical (unpaired) electrons. The van der Waals surface area contributed by atoms with Crippen LogP contribution in [0.25, 0.3) is 0 Å². The van der Waals surface area contributed by atoms with Gasteiger partial charge in [-0.05, 0) is 31.5 Å². The fourth-order valence-corrected chi connectivity index (χ4v) is 2.45. The summed E-state index contributed by atoms with van der Waals surface area (Å²) in [5.74, 6) is -1.17. The summed E-state index contributed by atoms with van der Waals surface area (Å²) < 4.78 is 0. The van der Waals surface area contributed by atoms with Crippen LogP contribution in [-0.2, 0) is 9.59 Å². The van der Waals surface area contributed by atoms with Gasteiger partial charge < -0.3 is 20.2 Å². The van der Waals surface area contributed by atoms with Gasteiger partial charge in [-0.25, -0.2) is 0 Å². The molecule has 6 nitrogen and oxygen atoms in total. The summed E-state index contributed by atoms with van der Waals surface area (Å²) in [4.78, 5) is 27.5. The minimum atomic E-state index is -0.657. The summed E-state index contributed by atoms with van der Waals surface area (Å²) >= 11 is 0. The standard InChI is InChI=1S/C16H23N3O3/c1-12-4-3-5-14(10-12)18-6-8-19(9-7-18)16(22)15(21)17-11-13(2)20/h3-5,10,13,20H,6-9,11H2,1-2H3,(H,17,21). The van der Waals surface area contributed by atoms with E-state index in [-0.39, 0.29) is 6.54 Å². The molecule has 0 spiro atoms. The molecule has 1 heterocycles. The number of nitrogens with zero attached hydrogens (tertiary/aromatic N) is 2. The Balaban J connectivity index is 1.86. The van der Waals surface area contributed by atoms with Gasteiger partial charge in [0.05, 0.1) is 6.10 Å². The Hall–Kier alpha value is -2.08. The lowest BCUT2D eigenvalue weighted by molar-refractivity contribution is -0.146. The number of anilines is 1. The van der Waals surface area contributed by atoms with Gasteiger partial charge in [-0.2, -0.15) is 0 Å². The van der Waals surface area contributed by atoms with Crippen molar-refractivity contribution in [3.63, 3.8) is 0 Å². The number of aryl methyl sites for hydroxylation is 1. The van der Waals surface area contributed by atoms with Crippen molar-refractivity contribution in [2.75, 3.05) is 37.6 Å². The first-order valence-electron chi connectivity index (χ1n) is 7.54. The second kappa shape index (κ2) is 7.26. The van der Waals surface area contributed by atoms with Crippen LogP contribution in [0.15, 0.2) is 24.3 Å². The number of hydrogen-bond donors (Lipinski definition) is 2. The van der Waals surface area contributed by atoms with Gasteiger partial charge in [0.15, 0.2) is 0 Å². The number of benzene rings is 1. The summed E-state index contributed by atoms with van der Waals surface area (Å²) in [6.07, 6.45) is -0.657. The molecule has 0 saturated carbocycles. The van der Waals surface area contributed by atoms with E-state index in [1.54, 1.807) is 11.8 Å². The number of rotatable bonds is 3. The number of carbonyl (C=O) groups excluding carboxylic acids is 2. The Kier molecular flexibility index (Phi) is 5.38. The molecule has 1 atom stereocenters. The van der Waals surface area contributed by atoms with Crippen LogP contribution in [0, 0.1) is 6.92 Å². The molecule has 120 valence electrons. The molecule has 2 amide bonds. The van der Waals surface area contributed by atoms with Crippen LogP contribution in [0.2, 0.25) is 0 Å². The fourth-order valence-electron chi connectivity index (χ4n) is 2.45. The van der Waals surface area contributed by atoms with Crippen molar-refractivity contribution >= 4 is 17.5 Å². The molecule has 1 aromatic carbocycles. The second-order valence-corrected chi connectivity index (χ2v) is 5.68. The van der Waals surface area contributed by atoms with Crippen LogP contribution in [0.4, 0.5) is 5.69 Å². The molecule has 1 aliphatic rings. The van der Waals surface area contributed by atoms with E-state index in [1.165, 1.54) is 5.56 Å². The summed E-state index contributed by atoms with van der Waals surface area (Å²) in [5.41, 5.74) is 2.35. The third-order valence-corrected chi connectivity index (χ3v) is 3.69. The first kappa shape index (κ1) is 16.3. The SMILES string of the molecule is Cc1cccc(N2CCN(C(=O)C(=O)NCC(C)O)CC2)c1. The molecule has 0 aromatic heterocycles. The normalized spacial score (nSPS) is 16.3. The van der Waals surface area contributed by atoms with Crippen molar-refractivity contribution in [2.24, 2.45) is 0 Å². The maximum absolute atomic E-state index is 12.0. The van der Waals surface area contributed by atoms with Crippen LogP contribution in [0.1, 0.15) is 12.5 Å². The topological polar surface area (TPSA) is 72.9 Å². The zero-order valence-electron chi connectivity index (χ0n) is 13.1. The van der Waals surface area contributed by atoms with Gasteiger partial charge in [0.25, 0.3) is 0 Å². The zero-order chi connectivity index (χ0) is 16.1. The van der Waals surface area contributed by atoms with Crippen molar-refractivity contribution in [2.45, 2.75) is 20.0 Å². The van der Waals surface area contributed by atoms with E-state index in [9.17, 15) is 9.59 Å². The van der Waals surface area contributed by atoms with Crippen LogP contribution in [0.5, 0.6) is 0 Å². The Morgan fingerprint density at radius 2 is 1.95 bits per heavy atom. The zero-order valence-corrected chi connectivity index (χ0v) is 13.1. The van der Waals surface area contributed by atoms with Crippen LogP contribution in [0.3, 0.4) is 0 Å². The van der Waals surface area contributed by atoms with Crippen molar-refractivity contribution in [1.29, 1.82) is 0 Å². The van der Waals surface area contributed by atoms with Gasteiger partial charge in [0.2, 0.25) is 0 Å². The van der Waals surface area contributed by atoms with Gasteiger partial charge in [0.1, 0.15) is 0 Å². The summed E-state index contributed by atoms with van der Waals surface area (Å²) in [6.45, 7) is 6.16. The van der Waals surface area contributed by atoms with Gasteiger partial charge in [-0.15, -0.1) is 0 Å². The first-order valence-corrected chi connectivity index (χ1v) is 7.54. The molecule has 1 fully saturated rings. The van der Waals surface area contributed by atoms with Crippen molar-refractivity contribution < 1.29 is 14.7 Å². The molecule has 6 heteroatoms. The third-order valence-electron chi connectivity index (χ3n) is 3.69. The number of hydrogen-bond acceptors (Lipinski definition) is 4. The quantitative estimate of drug-likeness (QED) is 0.779. The van der Waals surface area contributed by atoms with Crippen LogP contribution >= 0.6 is 0 Å². The van der Waals surface area contributed by atoms with Crippen molar-refractivity contribution in [3.05, 3.63) is 29.8 Å². The lowest BCUT2D eigenvalue weighted by Crippen LogP contribution is -2.53. The fraction of sp³-hybridized carbons (Fsp3) is 0.500. The number of amides is 2. The number of nitrogens with one attached hydrogen (secondary N) is 1. The predicted molar refractivity (Wildman–Crippen MR) is 84.7 cm³/mol. The lowest BCUT2D eigenvalue weighted by Gasteiger charge is -2.35. The minimum absolute atomic E-state index is 0.0911. The molecule has 0 aliphatic carbocycles. The smallest absolute Gasteiger partial charge is 0.312 e. The lowest BCUT2D eigenvalue weighted by atomic mass is 10.2. The monoisotopic (exact) mass is 305 g/mol. The van der Waals surface area contributed by atoms with E-state index >= 15 is 0 Å². The molecular weight excluding hydrogens is 282 g/mol. The van der Waals surface area contributed by atoms with E-state index in [0.29, 0.717) is 26.2 Å². The molecule has 1 saturated heterocycles. The Morgan fingerprint density at radius 1 is 1.27 bits per heavy atom. The van der Waals surface area contributed by atoms with E-state index in [0.717, 1.165) is 5.69 Å². The largest absolute Gasteiger partial charge is 0.392 e. The highest BCUT2D eigenvalue weighted by Gasteiger charge is 2.26. The number of aliphatic hydroxyl groups excluding tert-OH is 1. The molecule has 1 aromatic rings. The Morgan fingerprint density at radius 3 is 2.55 bits per heavy atom. The highest BCUT2D eigenvalue weighted by molar-refractivity contribution is 6.35. The second-order valence-electron chi connectivity index (χ2n) is 5.68. The summed E-state index contributed by atoms with van der Waals surface area (Å²) in [7, 11) is 0. The average Bonchev–Trinajstić information content (AvgIpc) is 2.52. The third kappa shape index (κ3) is 4.21. The highest BCUT2D eigenvalue weighted by atomic mass is 16.3. The molecule has 1 aliphatic heterocycles. The Labute approximate surface area is 130 Å². The summed E-state index contributed by atoms with van der Waals surface area (Å²) in [5, 5.41) is 11.6. The molecule has 0 bridgehead atoms. The van der Waals surface area contributed by atoms with Gasteiger partial charge >= 0.3 is 11.8 Å². The molecular formula is C16H23N3O3. The maximum atomic E-state index is 12.0. The van der Waals surface area contributed by atoms with Crippen LogP contribution in [-0.4, -0.2) is 60.6 Å². The van der Waals surface area contributed by atoms with E-state index in [4.69, 9.17) is 5.11 Å². The van der Waals surface area contributed by atoms with E-state index < -0.39 is 17.9 Å². The average molecular weight is 305 g/mol. The maximum Gasteiger partial charge on any atom is 0.312 e. The van der Waals surface area contributed by atoms with Gasteiger partial charge in [-0.3, -0.25) is 9.59 Å². The van der Waals surface area contributed by atoms with Crippen molar-refractivity contribution in [3.8, 4) is 0 Å². The van der Waals surface area contributed by atoms with E-state index in [2.05, 4.69) is 35.3 Å². The predicted octanol–water partition coefficient (Wildman–Crippen LogP) is 0.141. The molecule has 1 unspecified atom stereocenters. The molecule has 2 rings (SSSR count). The Bertz CT molecular complexity index is 537. The molecule has 2 N–H and O–H groups in total. The molecule has 22 heavy (non-hydrogen) atoms. The number of carbonyl (C=O) groups is 2. The van der Waals surface area contributed by atoms with E-state index in [1.807, 2.05) is 6.07 Å². The first-order chi connectivity index (χ1) is 10.5. The van der Waals surface area contributed by atoms with Gasteiger partial charge in [-0.1, -0.05) is 12.1 Å². The van der Waals surface area contributed by atoms with Gasteiger partial charge in [0, 0.05) is 38.4 Å². The summed E-state index contributed by atoms with van der Waals surface area (Å²) in [6, 6.07) is 8.24. The van der Waals surface area contributed by atoms with Crippen molar-refractivity contribution in [1.82, 2.24) is 10.2 Å². The van der Waals surface area contributed by atoms with Crippen LogP contribution < -0.4 is 10.2 Å². The number of piperazine rings is 1.